The predicted molar refractivity (Wildman–Crippen MR) is 56.2 cm³/mol. The molecular weight excluding hydrogens is 190 g/mol. The van der Waals surface area contributed by atoms with Gasteiger partial charge in [0.05, 0.1) is 20.3 Å². The average molecular weight is 203 g/mol. The van der Waals surface area contributed by atoms with Crippen LogP contribution in [0.4, 0.5) is 0 Å². The van der Waals surface area contributed by atoms with Crippen molar-refractivity contribution in [1.29, 1.82) is 5.26 Å². The molecular formula is C12H13NO2. The van der Waals surface area contributed by atoms with Gasteiger partial charge in [0.25, 0.3) is 0 Å². The first-order valence-corrected chi connectivity index (χ1v) is 4.92. The monoisotopic (exact) mass is 203 g/mol. The van der Waals surface area contributed by atoms with Gasteiger partial charge in [0.15, 0.2) is 11.5 Å². The summed E-state index contributed by atoms with van der Waals surface area (Å²) in [5, 5.41) is 8.65. The topological polar surface area (TPSA) is 42.2 Å². The highest BCUT2D eigenvalue weighted by Gasteiger charge is 2.27. The fraction of sp³-hybridized carbons (Fsp3) is 0.417. The van der Waals surface area contributed by atoms with Gasteiger partial charge in [0.2, 0.25) is 0 Å². The Bertz CT molecular complexity index is 420. The van der Waals surface area contributed by atoms with Crippen molar-refractivity contribution in [2.75, 3.05) is 14.2 Å². The molecule has 0 amide bonds. The third-order valence-electron chi connectivity index (χ3n) is 2.89. The lowest BCUT2D eigenvalue weighted by molar-refractivity contribution is 0.352. The summed E-state index contributed by atoms with van der Waals surface area (Å²) >= 11 is 0. The normalized spacial score (nSPS) is 17.3. The van der Waals surface area contributed by atoms with Gasteiger partial charge in [-0.2, -0.15) is 5.26 Å². The molecule has 0 aliphatic heterocycles. The van der Waals surface area contributed by atoms with Gasteiger partial charge in [-0.1, -0.05) is 0 Å². The van der Waals surface area contributed by atoms with Crippen LogP contribution in [0.15, 0.2) is 12.1 Å². The van der Waals surface area contributed by atoms with Gasteiger partial charge in [-0.25, -0.2) is 0 Å². The first-order valence-electron chi connectivity index (χ1n) is 4.92. The first-order chi connectivity index (χ1) is 7.30. The highest BCUT2D eigenvalue weighted by molar-refractivity contribution is 5.53. The number of ether oxygens (including phenoxy) is 2. The van der Waals surface area contributed by atoms with Gasteiger partial charge < -0.3 is 9.47 Å². The molecule has 1 unspecified atom stereocenters. The summed E-state index contributed by atoms with van der Waals surface area (Å²) in [6.45, 7) is 0. The quantitative estimate of drug-likeness (QED) is 0.756. The molecule has 3 nitrogen and oxygen atoms in total. The second-order valence-corrected chi connectivity index (χ2v) is 3.67. The second-order valence-electron chi connectivity index (χ2n) is 3.67. The second kappa shape index (κ2) is 3.82. The summed E-state index contributed by atoms with van der Waals surface area (Å²) in [6, 6.07) is 6.19. The van der Waals surface area contributed by atoms with Gasteiger partial charge in [0, 0.05) is 12.3 Å². The van der Waals surface area contributed by atoms with E-state index in [1.54, 1.807) is 14.2 Å². The van der Waals surface area contributed by atoms with Gasteiger partial charge in [-0.05, 0) is 29.7 Å². The van der Waals surface area contributed by atoms with Crippen molar-refractivity contribution in [3.8, 4) is 17.6 Å². The van der Waals surface area contributed by atoms with Crippen LogP contribution in [0.25, 0.3) is 0 Å². The third kappa shape index (κ3) is 1.52. The Morgan fingerprint density at radius 2 is 2.00 bits per heavy atom. The molecule has 2 rings (SSSR count). The number of nitriles is 1. The highest BCUT2D eigenvalue weighted by Crippen LogP contribution is 2.43. The summed E-state index contributed by atoms with van der Waals surface area (Å²) in [5.41, 5.74) is 2.50. The predicted octanol–water partition coefficient (Wildman–Crippen LogP) is 2.26. The van der Waals surface area contributed by atoms with Crippen LogP contribution in [0.2, 0.25) is 0 Å². The molecule has 0 bridgehead atoms. The van der Waals surface area contributed by atoms with Gasteiger partial charge in [-0.15, -0.1) is 0 Å². The largest absolute Gasteiger partial charge is 0.493 e. The van der Waals surface area contributed by atoms with E-state index in [1.807, 2.05) is 12.1 Å². The molecule has 0 saturated carbocycles. The third-order valence-corrected chi connectivity index (χ3v) is 2.89. The van der Waals surface area contributed by atoms with Crippen molar-refractivity contribution < 1.29 is 9.47 Å². The van der Waals surface area contributed by atoms with Gasteiger partial charge in [-0.3, -0.25) is 0 Å². The van der Waals surface area contributed by atoms with Crippen LogP contribution in [0.3, 0.4) is 0 Å². The van der Waals surface area contributed by atoms with Crippen molar-refractivity contribution in [1.82, 2.24) is 0 Å². The molecule has 0 saturated heterocycles. The van der Waals surface area contributed by atoms with Crippen molar-refractivity contribution in [3.05, 3.63) is 23.3 Å². The van der Waals surface area contributed by atoms with E-state index in [9.17, 15) is 0 Å². The van der Waals surface area contributed by atoms with Crippen LogP contribution < -0.4 is 9.47 Å². The fourth-order valence-electron chi connectivity index (χ4n) is 2.03. The van der Waals surface area contributed by atoms with E-state index in [-0.39, 0.29) is 0 Å². The molecule has 0 fully saturated rings. The molecule has 0 aromatic heterocycles. The lowest BCUT2D eigenvalue weighted by Gasteiger charge is -2.29. The van der Waals surface area contributed by atoms with E-state index in [1.165, 1.54) is 11.1 Å². The maximum Gasteiger partial charge on any atom is 0.161 e. The first kappa shape index (κ1) is 9.85. The van der Waals surface area contributed by atoms with E-state index in [4.69, 9.17) is 14.7 Å². The Kier molecular flexibility index (Phi) is 2.51. The number of hydrogen-bond acceptors (Lipinski definition) is 3. The van der Waals surface area contributed by atoms with Crippen molar-refractivity contribution in [2.45, 2.75) is 18.8 Å². The van der Waals surface area contributed by atoms with Crippen molar-refractivity contribution in [3.63, 3.8) is 0 Å². The number of rotatable bonds is 3. The molecule has 1 aromatic carbocycles. The van der Waals surface area contributed by atoms with E-state index in [0.29, 0.717) is 12.3 Å². The van der Waals surface area contributed by atoms with Crippen molar-refractivity contribution in [2.24, 2.45) is 0 Å². The minimum Gasteiger partial charge on any atom is -0.493 e. The molecule has 1 atom stereocenters. The zero-order valence-electron chi connectivity index (χ0n) is 8.91. The number of hydrogen-bond donors (Lipinski definition) is 0. The van der Waals surface area contributed by atoms with Crippen LogP contribution in [0, 0.1) is 11.3 Å². The Balaban J connectivity index is 2.33. The summed E-state index contributed by atoms with van der Waals surface area (Å²) in [4.78, 5) is 0. The molecule has 0 N–H and O–H groups in total. The zero-order chi connectivity index (χ0) is 10.8. The van der Waals surface area contributed by atoms with Crippen LogP contribution in [0.5, 0.6) is 11.5 Å². The lowest BCUT2D eigenvalue weighted by Crippen LogP contribution is -2.17. The van der Waals surface area contributed by atoms with Crippen LogP contribution >= 0.6 is 0 Å². The van der Waals surface area contributed by atoms with Crippen LogP contribution in [-0.4, -0.2) is 14.2 Å². The fourth-order valence-corrected chi connectivity index (χ4v) is 2.03. The molecule has 3 heteroatoms. The molecule has 78 valence electrons. The molecule has 0 radical (unpaired) electrons. The summed E-state index contributed by atoms with van der Waals surface area (Å²) in [5.74, 6) is 1.90. The number of methoxy groups -OCH3 is 2. The average Bonchev–Trinajstić information content (AvgIpc) is 2.25. The van der Waals surface area contributed by atoms with E-state index < -0.39 is 0 Å². The Labute approximate surface area is 89.2 Å². The minimum absolute atomic E-state index is 0.379. The SMILES string of the molecule is COc1cc2c(cc1OC)C(CC#N)C2. The zero-order valence-corrected chi connectivity index (χ0v) is 8.91. The Morgan fingerprint density at radius 3 is 2.60 bits per heavy atom. The maximum atomic E-state index is 8.65. The van der Waals surface area contributed by atoms with Crippen LogP contribution in [-0.2, 0) is 6.42 Å². The standard InChI is InChI=1S/C12H13NO2/c1-14-11-6-9-5-8(3-4-13)10(9)7-12(11)15-2/h6-8H,3,5H2,1-2H3. The summed E-state index contributed by atoms with van der Waals surface area (Å²) < 4.78 is 10.4. The molecule has 1 aliphatic rings. The van der Waals surface area contributed by atoms with E-state index in [0.717, 1.165) is 17.9 Å². The molecule has 0 heterocycles. The maximum absolute atomic E-state index is 8.65. The minimum atomic E-state index is 0.379. The number of nitrogens with zero attached hydrogens (tertiary/aromatic N) is 1. The van der Waals surface area contributed by atoms with E-state index in [2.05, 4.69) is 6.07 Å². The summed E-state index contributed by atoms with van der Waals surface area (Å²) in [7, 11) is 3.26. The van der Waals surface area contributed by atoms with Gasteiger partial charge >= 0.3 is 0 Å². The molecule has 1 aliphatic carbocycles. The smallest absolute Gasteiger partial charge is 0.161 e. The highest BCUT2D eigenvalue weighted by atomic mass is 16.5. The van der Waals surface area contributed by atoms with Crippen LogP contribution in [0.1, 0.15) is 23.5 Å². The molecule has 1 aromatic rings. The van der Waals surface area contributed by atoms with Crippen molar-refractivity contribution >= 4 is 0 Å². The summed E-state index contributed by atoms with van der Waals surface area (Å²) in [6.07, 6.45) is 1.56. The van der Waals surface area contributed by atoms with Gasteiger partial charge in [0.1, 0.15) is 0 Å². The number of fused-ring (bicyclic) bond motifs is 1. The molecule has 0 spiro atoms. The Hall–Kier alpha value is -1.69. The Morgan fingerprint density at radius 1 is 1.33 bits per heavy atom. The number of benzene rings is 1. The molecule has 15 heavy (non-hydrogen) atoms. The lowest BCUT2D eigenvalue weighted by atomic mass is 9.76. The van der Waals surface area contributed by atoms with E-state index >= 15 is 0 Å².